The zero-order valence-electron chi connectivity index (χ0n) is 6.42. The molecule has 11 heavy (non-hydrogen) atoms. The SMILES string of the molecule is C=CCc1ccccc1C[O]. The van der Waals surface area contributed by atoms with Gasteiger partial charge in [0.15, 0.2) is 0 Å². The summed E-state index contributed by atoms with van der Waals surface area (Å²) in [6.07, 6.45) is 2.60. The lowest BCUT2D eigenvalue weighted by atomic mass is 10.1. The third-order valence-corrected chi connectivity index (χ3v) is 1.64. The first-order valence-corrected chi connectivity index (χ1v) is 3.64. The lowest BCUT2D eigenvalue weighted by Crippen LogP contribution is -1.90. The van der Waals surface area contributed by atoms with Crippen molar-refractivity contribution in [2.24, 2.45) is 0 Å². The largest absolute Gasteiger partial charge is 0.232 e. The molecule has 0 aliphatic carbocycles. The van der Waals surface area contributed by atoms with Gasteiger partial charge in [0.05, 0.1) is 0 Å². The molecule has 0 aliphatic heterocycles. The van der Waals surface area contributed by atoms with Crippen LogP contribution in [-0.4, -0.2) is 0 Å². The summed E-state index contributed by atoms with van der Waals surface area (Å²) in [4.78, 5) is 0. The van der Waals surface area contributed by atoms with Gasteiger partial charge in [-0.2, -0.15) is 0 Å². The summed E-state index contributed by atoms with van der Waals surface area (Å²) in [5.74, 6) is 0. The number of allylic oxidation sites excluding steroid dienone is 1. The first-order valence-electron chi connectivity index (χ1n) is 3.64. The summed E-state index contributed by atoms with van der Waals surface area (Å²) in [6.45, 7) is 3.49. The lowest BCUT2D eigenvalue weighted by Gasteiger charge is -2.01. The quantitative estimate of drug-likeness (QED) is 0.585. The third-order valence-electron chi connectivity index (χ3n) is 1.64. The van der Waals surface area contributed by atoms with Crippen LogP contribution in [0.4, 0.5) is 0 Å². The average Bonchev–Trinajstić information content (AvgIpc) is 2.06. The molecule has 0 saturated heterocycles. The molecule has 0 aliphatic rings. The highest BCUT2D eigenvalue weighted by Gasteiger charge is 1.96. The smallest absolute Gasteiger partial charge is 0.108 e. The molecule has 0 spiro atoms. The van der Waals surface area contributed by atoms with Gasteiger partial charge < -0.3 is 0 Å². The van der Waals surface area contributed by atoms with Crippen molar-refractivity contribution in [1.29, 1.82) is 0 Å². The van der Waals surface area contributed by atoms with Crippen LogP contribution in [-0.2, 0) is 18.1 Å². The Hall–Kier alpha value is -1.08. The Bertz CT molecular complexity index is 240. The molecule has 1 heteroatoms. The third kappa shape index (κ3) is 1.92. The van der Waals surface area contributed by atoms with Gasteiger partial charge in [0.2, 0.25) is 0 Å². The van der Waals surface area contributed by atoms with Crippen molar-refractivity contribution in [3.8, 4) is 0 Å². The Morgan fingerprint density at radius 1 is 1.27 bits per heavy atom. The van der Waals surface area contributed by atoms with Crippen molar-refractivity contribution in [1.82, 2.24) is 0 Å². The van der Waals surface area contributed by atoms with E-state index in [4.69, 9.17) is 0 Å². The highest BCUT2D eigenvalue weighted by Crippen LogP contribution is 2.09. The fourth-order valence-corrected chi connectivity index (χ4v) is 1.05. The van der Waals surface area contributed by atoms with E-state index < -0.39 is 0 Å². The molecule has 0 N–H and O–H groups in total. The number of benzene rings is 1. The summed E-state index contributed by atoms with van der Waals surface area (Å²) >= 11 is 0. The first-order chi connectivity index (χ1) is 5.38. The van der Waals surface area contributed by atoms with E-state index in [0.717, 1.165) is 17.5 Å². The molecule has 57 valence electrons. The zero-order chi connectivity index (χ0) is 8.10. The van der Waals surface area contributed by atoms with Crippen LogP contribution in [0.25, 0.3) is 0 Å². The second kappa shape index (κ2) is 3.94. The van der Waals surface area contributed by atoms with Gasteiger partial charge in [-0.1, -0.05) is 30.3 Å². The minimum atomic E-state index is -0.135. The Morgan fingerprint density at radius 3 is 2.45 bits per heavy atom. The fourth-order valence-electron chi connectivity index (χ4n) is 1.05. The predicted molar refractivity (Wildman–Crippen MR) is 44.7 cm³/mol. The molecular weight excluding hydrogens is 136 g/mol. The van der Waals surface area contributed by atoms with Gasteiger partial charge in [-0.25, -0.2) is 5.11 Å². The minimum Gasteiger partial charge on any atom is -0.232 e. The van der Waals surface area contributed by atoms with Crippen molar-refractivity contribution in [3.05, 3.63) is 48.0 Å². The molecule has 1 radical (unpaired) electrons. The van der Waals surface area contributed by atoms with Crippen LogP contribution in [0, 0.1) is 0 Å². The number of hydrogen-bond donors (Lipinski definition) is 0. The van der Waals surface area contributed by atoms with E-state index in [9.17, 15) is 5.11 Å². The molecule has 0 saturated carbocycles. The second-order valence-corrected chi connectivity index (χ2v) is 2.41. The van der Waals surface area contributed by atoms with Crippen molar-refractivity contribution in [3.63, 3.8) is 0 Å². The maximum Gasteiger partial charge on any atom is 0.108 e. The van der Waals surface area contributed by atoms with Crippen LogP contribution in [0.3, 0.4) is 0 Å². The maximum absolute atomic E-state index is 10.6. The van der Waals surface area contributed by atoms with Gasteiger partial charge in [0.25, 0.3) is 0 Å². The van der Waals surface area contributed by atoms with Crippen LogP contribution in [0.15, 0.2) is 36.9 Å². The first kappa shape index (κ1) is 8.02. The molecule has 0 bridgehead atoms. The topological polar surface area (TPSA) is 19.9 Å². The molecule has 0 atom stereocenters. The Balaban J connectivity index is 2.92. The molecule has 1 aromatic rings. The van der Waals surface area contributed by atoms with E-state index in [2.05, 4.69) is 6.58 Å². The Morgan fingerprint density at radius 2 is 1.91 bits per heavy atom. The molecule has 1 nitrogen and oxygen atoms in total. The number of hydrogen-bond acceptors (Lipinski definition) is 0. The van der Waals surface area contributed by atoms with E-state index in [1.165, 1.54) is 0 Å². The number of rotatable bonds is 3. The summed E-state index contributed by atoms with van der Waals surface area (Å²) in [7, 11) is 0. The highest BCUT2D eigenvalue weighted by molar-refractivity contribution is 5.27. The summed E-state index contributed by atoms with van der Waals surface area (Å²) in [6, 6.07) is 7.67. The molecule has 1 aromatic carbocycles. The average molecular weight is 147 g/mol. The molecule has 1 rings (SSSR count). The van der Waals surface area contributed by atoms with Crippen LogP contribution in [0.5, 0.6) is 0 Å². The van der Waals surface area contributed by atoms with E-state index >= 15 is 0 Å². The monoisotopic (exact) mass is 147 g/mol. The Labute approximate surface area is 67.0 Å². The van der Waals surface area contributed by atoms with Crippen LogP contribution < -0.4 is 0 Å². The lowest BCUT2D eigenvalue weighted by molar-refractivity contribution is 0.177. The van der Waals surface area contributed by atoms with Crippen molar-refractivity contribution >= 4 is 0 Å². The Kier molecular flexibility index (Phi) is 2.87. The fraction of sp³-hybridized carbons (Fsp3) is 0.200. The van der Waals surface area contributed by atoms with Gasteiger partial charge in [-0.05, 0) is 17.5 Å². The molecule has 0 amide bonds. The van der Waals surface area contributed by atoms with E-state index in [1.54, 1.807) is 0 Å². The predicted octanol–water partition coefficient (Wildman–Crippen LogP) is 2.35. The van der Waals surface area contributed by atoms with Gasteiger partial charge >= 0.3 is 0 Å². The second-order valence-electron chi connectivity index (χ2n) is 2.41. The highest BCUT2D eigenvalue weighted by atomic mass is 16.3. The summed E-state index contributed by atoms with van der Waals surface area (Å²) in [5, 5.41) is 10.6. The maximum atomic E-state index is 10.6. The van der Waals surface area contributed by atoms with Gasteiger partial charge in [0, 0.05) is 0 Å². The molecule has 0 heterocycles. The van der Waals surface area contributed by atoms with Crippen molar-refractivity contribution < 1.29 is 5.11 Å². The summed E-state index contributed by atoms with van der Waals surface area (Å²) in [5.41, 5.74) is 1.98. The van der Waals surface area contributed by atoms with Crippen molar-refractivity contribution in [2.45, 2.75) is 13.0 Å². The minimum absolute atomic E-state index is 0.135. The van der Waals surface area contributed by atoms with Crippen LogP contribution in [0.2, 0.25) is 0 Å². The molecule has 0 unspecified atom stereocenters. The molecule has 0 fully saturated rings. The zero-order valence-corrected chi connectivity index (χ0v) is 6.42. The summed E-state index contributed by atoms with van der Waals surface area (Å²) < 4.78 is 0. The van der Waals surface area contributed by atoms with Crippen LogP contribution >= 0.6 is 0 Å². The standard InChI is InChI=1S/C10H11O/c1-2-5-9-6-3-4-7-10(9)8-11/h2-4,6-7H,1,5,8H2. The van der Waals surface area contributed by atoms with Gasteiger partial charge in [-0.15, -0.1) is 6.58 Å². The van der Waals surface area contributed by atoms with E-state index in [-0.39, 0.29) is 6.61 Å². The van der Waals surface area contributed by atoms with Gasteiger partial charge in [0.1, 0.15) is 6.61 Å². The molecule has 0 aromatic heterocycles. The van der Waals surface area contributed by atoms with Gasteiger partial charge in [-0.3, -0.25) is 0 Å². The normalized spacial score (nSPS) is 9.55. The van der Waals surface area contributed by atoms with Crippen LogP contribution in [0.1, 0.15) is 11.1 Å². The van der Waals surface area contributed by atoms with E-state index in [1.807, 2.05) is 30.3 Å². The van der Waals surface area contributed by atoms with E-state index in [0.29, 0.717) is 0 Å². The molecular formula is C10H11O. The van der Waals surface area contributed by atoms with Crippen molar-refractivity contribution in [2.75, 3.05) is 0 Å².